The van der Waals surface area contributed by atoms with Crippen LogP contribution in [0.2, 0.25) is 5.02 Å². The highest BCUT2D eigenvalue weighted by molar-refractivity contribution is 6.31. The van der Waals surface area contributed by atoms with Gasteiger partial charge in [-0.25, -0.2) is 27.2 Å². The molecule has 1 amide bonds. The van der Waals surface area contributed by atoms with E-state index >= 15 is 8.78 Å². The fourth-order valence-corrected chi connectivity index (χ4v) is 5.09. The van der Waals surface area contributed by atoms with Crippen molar-refractivity contribution >= 4 is 28.4 Å². The Morgan fingerprint density at radius 2 is 1.76 bits per heavy atom. The van der Waals surface area contributed by atoms with Crippen molar-refractivity contribution in [1.29, 1.82) is 0 Å². The molecule has 5 aromatic rings. The Bertz CT molecular complexity index is 1890. The maximum Gasteiger partial charge on any atom is 0.333 e. The Kier molecular flexibility index (Phi) is 8.79. The van der Waals surface area contributed by atoms with E-state index in [1.807, 2.05) is 0 Å². The first-order valence-corrected chi connectivity index (χ1v) is 13.9. The molecule has 0 spiro atoms. The van der Waals surface area contributed by atoms with E-state index in [4.69, 9.17) is 16.3 Å². The normalized spacial score (nSPS) is 12.5. The molecule has 0 aliphatic carbocycles. The van der Waals surface area contributed by atoms with Crippen LogP contribution in [0.4, 0.5) is 26.3 Å². The summed E-state index contributed by atoms with van der Waals surface area (Å²) in [4.78, 5) is 17.7. The van der Waals surface area contributed by atoms with Crippen molar-refractivity contribution in [3.05, 3.63) is 112 Å². The first-order chi connectivity index (χ1) is 21.3. The number of carbonyl (C=O) groups is 1. The highest BCUT2D eigenvalue weighted by atomic mass is 35.5. The molecule has 0 fully saturated rings. The number of nitrogens with zero attached hydrogens (tertiary/aromatic N) is 3. The Balaban J connectivity index is 1.58. The van der Waals surface area contributed by atoms with Gasteiger partial charge in [-0.1, -0.05) is 41.9 Å². The van der Waals surface area contributed by atoms with Gasteiger partial charge in [0.1, 0.15) is 34.3 Å². The van der Waals surface area contributed by atoms with Crippen LogP contribution in [0.15, 0.2) is 66.9 Å². The average Bonchev–Trinajstić information content (AvgIpc) is 3.44. The molecule has 0 aliphatic heterocycles. The minimum atomic E-state index is -2.90. The lowest BCUT2D eigenvalue weighted by atomic mass is 9.90. The molecule has 0 aliphatic rings. The van der Waals surface area contributed by atoms with Crippen LogP contribution in [-0.4, -0.2) is 34.3 Å². The number of rotatable bonds is 9. The Hall–Kier alpha value is -4.58. The fourth-order valence-electron chi connectivity index (χ4n) is 4.93. The molecule has 1 unspecified atom stereocenters. The van der Waals surface area contributed by atoms with Crippen LogP contribution in [0.3, 0.4) is 0 Å². The molecule has 5 rings (SSSR count). The van der Waals surface area contributed by atoms with Gasteiger partial charge in [-0.15, -0.1) is 0 Å². The molecule has 3 aromatic carbocycles. The van der Waals surface area contributed by atoms with Crippen molar-refractivity contribution in [2.45, 2.75) is 32.0 Å². The van der Waals surface area contributed by atoms with Crippen LogP contribution in [0, 0.1) is 17.5 Å². The number of aromatic nitrogens is 3. The third kappa shape index (κ3) is 6.46. The van der Waals surface area contributed by atoms with E-state index in [1.165, 1.54) is 25.3 Å². The number of halogens is 7. The summed E-state index contributed by atoms with van der Waals surface area (Å²) >= 11 is 5.87. The predicted octanol–water partition coefficient (Wildman–Crippen LogP) is 8.34. The number of amides is 1. The SMILES string of the molecule is COc1cc(C(=O)NCC(c2ccccc2)c2cc(C(C)(C)F)c(F)c(-c3cc(Cl)c(F)cc3F)n2)cc2cn(C(F)F)nc12. The topological polar surface area (TPSA) is 69.0 Å². The van der Waals surface area contributed by atoms with Crippen molar-refractivity contribution in [2.75, 3.05) is 13.7 Å². The fraction of sp³-hybridized carbons (Fsp3) is 0.219. The van der Waals surface area contributed by atoms with Gasteiger partial charge in [-0.05, 0) is 43.7 Å². The van der Waals surface area contributed by atoms with E-state index in [1.54, 1.807) is 30.3 Å². The molecule has 1 atom stereocenters. The number of carbonyl (C=O) groups excluding carboxylic acids is 1. The lowest BCUT2D eigenvalue weighted by molar-refractivity contribution is 0.0573. The van der Waals surface area contributed by atoms with Crippen LogP contribution in [0.25, 0.3) is 22.2 Å². The lowest BCUT2D eigenvalue weighted by Crippen LogP contribution is -2.30. The summed E-state index contributed by atoms with van der Waals surface area (Å²) in [5.41, 5.74) is -2.90. The molecule has 234 valence electrons. The van der Waals surface area contributed by atoms with E-state index in [-0.39, 0.29) is 34.5 Å². The van der Waals surface area contributed by atoms with Gasteiger partial charge in [0.15, 0.2) is 5.82 Å². The van der Waals surface area contributed by atoms with Crippen LogP contribution in [0.5, 0.6) is 5.75 Å². The predicted molar refractivity (Wildman–Crippen MR) is 157 cm³/mol. The van der Waals surface area contributed by atoms with E-state index in [2.05, 4.69) is 15.4 Å². The molecule has 0 bridgehead atoms. The minimum Gasteiger partial charge on any atom is -0.494 e. The number of benzene rings is 3. The second-order valence-corrected chi connectivity index (χ2v) is 11.1. The Morgan fingerprint density at radius 1 is 1.04 bits per heavy atom. The third-order valence-electron chi connectivity index (χ3n) is 7.18. The second kappa shape index (κ2) is 12.4. The van der Waals surface area contributed by atoms with Gasteiger partial charge in [0.05, 0.1) is 17.8 Å². The van der Waals surface area contributed by atoms with Crippen LogP contribution in [0.1, 0.15) is 53.5 Å². The largest absolute Gasteiger partial charge is 0.494 e. The van der Waals surface area contributed by atoms with E-state index < -0.39 is 63.3 Å². The highest BCUT2D eigenvalue weighted by Crippen LogP contribution is 2.37. The smallest absolute Gasteiger partial charge is 0.333 e. The van der Waals surface area contributed by atoms with Gasteiger partial charge in [0.25, 0.3) is 5.91 Å². The van der Waals surface area contributed by atoms with Crippen LogP contribution in [-0.2, 0) is 5.67 Å². The summed E-state index contributed by atoms with van der Waals surface area (Å²) < 4.78 is 92.2. The van der Waals surface area contributed by atoms with Crippen molar-refractivity contribution < 1.29 is 35.9 Å². The van der Waals surface area contributed by atoms with Gasteiger partial charge in [0, 0.05) is 46.8 Å². The number of nitrogens with one attached hydrogen (secondary N) is 1. The van der Waals surface area contributed by atoms with Gasteiger partial charge in [-0.3, -0.25) is 4.79 Å². The molecule has 1 N–H and O–H groups in total. The zero-order chi connectivity index (χ0) is 32.6. The summed E-state index contributed by atoms with van der Waals surface area (Å²) in [5, 5.41) is 6.31. The summed E-state index contributed by atoms with van der Waals surface area (Å²) in [7, 11) is 1.31. The number of methoxy groups -OCH3 is 1. The number of ether oxygens (including phenoxy) is 1. The number of hydrogen-bond acceptors (Lipinski definition) is 4. The maximum absolute atomic E-state index is 15.8. The second-order valence-electron chi connectivity index (χ2n) is 10.7. The quantitative estimate of drug-likeness (QED) is 0.129. The number of alkyl halides is 3. The molecule has 0 saturated heterocycles. The van der Waals surface area contributed by atoms with Gasteiger partial charge in [0.2, 0.25) is 0 Å². The molecule has 0 saturated carbocycles. The Morgan fingerprint density at radius 3 is 2.40 bits per heavy atom. The zero-order valence-electron chi connectivity index (χ0n) is 24.0. The standard InChI is InChI=1S/C32H25ClF6N4O2/c1-32(2,39)21-12-25(41-29(27(21)36)19-11-22(33)24(35)13-23(19)34)20(16-7-5-4-6-8-16)14-40-30(44)17-9-18-15-43(31(37)38)42-28(18)26(10-17)45-3/h4-13,15,20,31H,14H2,1-3H3,(H,40,44). The number of hydrogen-bond donors (Lipinski definition) is 1. The van der Waals surface area contributed by atoms with Crippen molar-refractivity contribution in [2.24, 2.45) is 0 Å². The summed E-state index contributed by atoms with van der Waals surface area (Å²) in [5.74, 6) is -4.73. The molecule has 2 heterocycles. The average molecular weight is 647 g/mol. The third-order valence-corrected chi connectivity index (χ3v) is 7.47. The molecule has 13 heteroatoms. The number of fused-ring (bicyclic) bond motifs is 1. The molecule has 6 nitrogen and oxygen atoms in total. The molecule has 0 radical (unpaired) electrons. The minimum absolute atomic E-state index is 0.0707. The van der Waals surface area contributed by atoms with E-state index in [9.17, 15) is 22.4 Å². The van der Waals surface area contributed by atoms with Crippen LogP contribution >= 0.6 is 11.6 Å². The number of pyridine rings is 1. The van der Waals surface area contributed by atoms with Gasteiger partial charge >= 0.3 is 6.55 Å². The molecule has 2 aromatic heterocycles. The summed E-state index contributed by atoms with van der Waals surface area (Å²) in [6.45, 7) is -0.827. The van der Waals surface area contributed by atoms with Crippen molar-refractivity contribution in [3.63, 3.8) is 0 Å². The van der Waals surface area contributed by atoms with Gasteiger partial charge in [-0.2, -0.15) is 13.9 Å². The van der Waals surface area contributed by atoms with Crippen LogP contribution < -0.4 is 10.1 Å². The van der Waals surface area contributed by atoms with Crippen molar-refractivity contribution in [1.82, 2.24) is 20.1 Å². The first kappa shape index (κ1) is 31.8. The summed E-state index contributed by atoms with van der Waals surface area (Å²) in [6.07, 6.45) is 1.08. The van der Waals surface area contributed by atoms with E-state index in [0.717, 1.165) is 26.1 Å². The highest BCUT2D eigenvalue weighted by Gasteiger charge is 2.31. The zero-order valence-corrected chi connectivity index (χ0v) is 24.8. The first-order valence-electron chi connectivity index (χ1n) is 13.5. The summed E-state index contributed by atoms with van der Waals surface area (Å²) in [6, 6.07) is 13.9. The Labute approximate surface area is 258 Å². The lowest BCUT2D eigenvalue weighted by Gasteiger charge is -2.23. The van der Waals surface area contributed by atoms with Crippen molar-refractivity contribution in [3.8, 4) is 17.0 Å². The monoisotopic (exact) mass is 646 g/mol. The van der Waals surface area contributed by atoms with E-state index in [0.29, 0.717) is 16.3 Å². The molecular formula is C32H25ClF6N4O2. The molecule has 45 heavy (non-hydrogen) atoms. The maximum atomic E-state index is 15.8. The van der Waals surface area contributed by atoms with Gasteiger partial charge < -0.3 is 10.1 Å². The molecular weight excluding hydrogens is 622 g/mol.